The summed E-state index contributed by atoms with van der Waals surface area (Å²) < 4.78 is 91.8. The zero-order chi connectivity index (χ0) is 20.2. The van der Waals surface area contributed by atoms with Crippen molar-refractivity contribution in [1.82, 2.24) is 0 Å². The van der Waals surface area contributed by atoms with E-state index in [2.05, 4.69) is 4.18 Å². The molecule has 0 aromatic heterocycles. The van der Waals surface area contributed by atoms with Gasteiger partial charge in [-0.25, -0.2) is 0 Å². The Morgan fingerprint density at radius 2 is 1.81 bits per heavy atom. The van der Waals surface area contributed by atoms with Crippen LogP contribution >= 0.6 is 7.60 Å². The van der Waals surface area contributed by atoms with Crippen LogP contribution in [-0.2, 0) is 40.5 Å². The molecule has 0 saturated heterocycles. The lowest BCUT2D eigenvalue weighted by molar-refractivity contribution is -0.140. The van der Waals surface area contributed by atoms with Crippen LogP contribution in [-0.4, -0.2) is 27.5 Å². The number of benzene rings is 1. The van der Waals surface area contributed by atoms with E-state index < -0.39 is 46.8 Å². The predicted molar refractivity (Wildman–Crippen MR) is 89.4 cm³/mol. The number of hydrogen-bond donors (Lipinski definition) is 0. The quantitative estimate of drug-likeness (QED) is 0.431. The number of aryl methyl sites for hydroxylation is 1. The smallest absolute Gasteiger partial charge is 0.307 e. The van der Waals surface area contributed by atoms with E-state index in [0.29, 0.717) is 6.07 Å². The Hall–Kier alpha value is -0.930. The highest BCUT2D eigenvalue weighted by Gasteiger charge is 2.40. The molecule has 0 radical (unpaired) electrons. The number of alkyl halides is 3. The molecule has 0 fully saturated rings. The maximum atomic E-state index is 13.2. The van der Waals surface area contributed by atoms with Crippen LogP contribution in [0, 0.1) is 0 Å². The molecule has 0 aliphatic carbocycles. The van der Waals surface area contributed by atoms with Crippen molar-refractivity contribution in [1.29, 1.82) is 0 Å². The van der Waals surface area contributed by atoms with Crippen molar-refractivity contribution in [3.05, 3.63) is 29.3 Å². The van der Waals surface area contributed by atoms with Gasteiger partial charge in [0.25, 0.3) is 10.1 Å². The average molecular weight is 418 g/mol. The molecule has 0 aliphatic rings. The Morgan fingerprint density at radius 3 is 2.27 bits per heavy atom. The second-order valence-corrected chi connectivity index (χ2v) is 9.03. The molecular weight excluding hydrogens is 396 g/mol. The molecule has 1 unspecified atom stereocenters. The van der Waals surface area contributed by atoms with Gasteiger partial charge in [0.15, 0.2) is 6.35 Å². The summed E-state index contributed by atoms with van der Waals surface area (Å²) in [5.41, 5.74) is -1.40. The molecule has 1 atom stereocenters. The van der Waals surface area contributed by atoms with Crippen LogP contribution in [0.1, 0.15) is 38.8 Å². The summed E-state index contributed by atoms with van der Waals surface area (Å²) in [6.45, 7) is 6.08. The first kappa shape index (κ1) is 23.1. The topological polar surface area (TPSA) is 78.9 Å². The molecule has 0 aliphatic heterocycles. The molecule has 1 rings (SSSR count). The lowest BCUT2D eigenvalue weighted by Gasteiger charge is -2.21. The molecular formula is C15H22F3O6PS. The van der Waals surface area contributed by atoms with Gasteiger partial charge in [0.2, 0.25) is 0 Å². The van der Waals surface area contributed by atoms with Crippen LogP contribution in [0.2, 0.25) is 0 Å². The Bertz CT molecular complexity index is 761. The number of halogens is 3. The summed E-state index contributed by atoms with van der Waals surface area (Å²) in [6.07, 6.45) is -6.44. The number of rotatable bonds is 9. The van der Waals surface area contributed by atoms with E-state index >= 15 is 0 Å². The minimum Gasteiger partial charge on any atom is -0.307 e. The second-order valence-electron chi connectivity index (χ2n) is 5.53. The minimum absolute atomic E-state index is 0.0352. The summed E-state index contributed by atoms with van der Waals surface area (Å²) in [6, 6.07) is 3.04. The number of hydrogen-bond acceptors (Lipinski definition) is 6. The fraction of sp³-hybridized carbons (Fsp3) is 0.600. The van der Waals surface area contributed by atoms with Crippen molar-refractivity contribution in [2.24, 2.45) is 0 Å². The Balaban J connectivity index is 3.29. The standard InChI is InChI=1S/C15H22F3O6PS/c1-5-12-8-7-9-13(15(16,17)18)14(12)26(20,21)23-10-25(19,22-6-2)24-11(3)4/h7-9,11H,5-6,10H2,1-4H3. The van der Waals surface area contributed by atoms with Crippen molar-refractivity contribution < 1.29 is 39.4 Å². The third-order valence-electron chi connectivity index (χ3n) is 3.10. The van der Waals surface area contributed by atoms with Gasteiger partial charge >= 0.3 is 13.8 Å². The van der Waals surface area contributed by atoms with Crippen molar-refractivity contribution in [3.8, 4) is 0 Å². The van der Waals surface area contributed by atoms with Gasteiger partial charge in [0.05, 0.1) is 18.3 Å². The van der Waals surface area contributed by atoms with Gasteiger partial charge in [-0.2, -0.15) is 21.6 Å². The lowest BCUT2D eigenvalue weighted by Crippen LogP contribution is -2.19. The molecule has 150 valence electrons. The van der Waals surface area contributed by atoms with E-state index in [1.165, 1.54) is 19.9 Å². The molecule has 0 spiro atoms. The fourth-order valence-corrected chi connectivity index (χ4v) is 5.60. The van der Waals surface area contributed by atoms with E-state index in [-0.39, 0.29) is 18.6 Å². The Morgan fingerprint density at radius 1 is 1.19 bits per heavy atom. The van der Waals surface area contributed by atoms with Gasteiger partial charge in [-0.1, -0.05) is 19.1 Å². The van der Waals surface area contributed by atoms with Crippen LogP contribution in [0.15, 0.2) is 23.1 Å². The third-order valence-corrected chi connectivity index (χ3v) is 6.52. The van der Waals surface area contributed by atoms with Crippen molar-refractivity contribution in [3.63, 3.8) is 0 Å². The van der Waals surface area contributed by atoms with Gasteiger partial charge in [-0.05, 0) is 38.8 Å². The second kappa shape index (κ2) is 8.84. The largest absolute Gasteiger partial charge is 0.417 e. The molecule has 6 nitrogen and oxygen atoms in total. The monoisotopic (exact) mass is 418 g/mol. The van der Waals surface area contributed by atoms with Gasteiger partial charge in [-0.15, -0.1) is 0 Å². The maximum Gasteiger partial charge on any atom is 0.417 e. The Labute approximate surface area is 151 Å². The van der Waals surface area contributed by atoms with Crippen molar-refractivity contribution >= 4 is 17.7 Å². The third kappa shape index (κ3) is 6.06. The van der Waals surface area contributed by atoms with E-state index in [1.54, 1.807) is 13.8 Å². The first-order chi connectivity index (χ1) is 11.9. The van der Waals surface area contributed by atoms with Gasteiger partial charge in [-0.3, -0.25) is 8.75 Å². The molecule has 1 aromatic rings. The molecule has 0 N–H and O–H groups in total. The lowest BCUT2D eigenvalue weighted by atomic mass is 10.1. The van der Waals surface area contributed by atoms with Gasteiger partial charge in [0.1, 0.15) is 4.90 Å². The zero-order valence-corrected chi connectivity index (χ0v) is 16.6. The fourth-order valence-electron chi connectivity index (χ4n) is 2.19. The zero-order valence-electron chi connectivity index (χ0n) is 14.9. The molecule has 0 bridgehead atoms. The normalized spacial score (nSPS) is 15.2. The Kier molecular flexibility index (Phi) is 7.86. The average Bonchev–Trinajstić information content (AvgIpc) is 2.51. The molecule has 0 heterocycles. The predicted octanol–water partition coefficient (Wildman–Crippen LogP) is 4.59. The van der Waals surface area contributed by atoms with Crippen LogP contribution in [0.5, 0.6) is 0 Å². The van der Waals surface area contributed by atoms with Crippen LogP contribution < -0.4 is 0 Å². The van der Waals surface area contributed by atoms with Crippen LogP contribution in [0.4, 0.5) is 13.2 Å². The molecule has 11 heteroatoms. The van der Waals surface area contributed by atoms with Gasteiger partial charge in [0, 0.05) is 0 Å². The molecule has 26 heavy (non-hydrogen) atoms. The first-order valence-corrected chi connectivity index (χ1v) is 11.0. The highest BCUT2D eigenvalue weighted by Crippen LogP contribution is 2.50. The summed E-state index contributed by atoms with van der Waals surface area (Å²) in [5.74, 6) is 0. The molecule has 0 saturated carbocycles. The minimum atomic E-state index is -4.89. The highest BCUT2D eigenvalue weighted by atomic mass is 32.2. The SMILES string of the molecule is CCOP(=O)(COS(=O)(=O)c1c(CC)cccc1C(F)(F)F)OC(C)C. The summed E-state index contributed by atoms with van der Waals surface area (Å²) in [7, 11) is -8.81. The van der Waals surface area contributed by atoms with Crippen molar-refractivity contribution in [2.75, 3.05) is 13.0 Å². The summed E-state index contributed by atoms with van der Waals surface area (Å²) in [5, 5.41) is 0. The highest BCUT2D eigenvalue weighted by molar-refractivity contribution is 7.87. The summed E-state index contributed by atoms with van der Waals surface area (Å²) >= 11 is 0. The summed E-state index contributed by atoms with van der Waals surface area (Å²) in [4.78, 5) is -0.984. The molecule has 0 amide bonds. The van der Waals surface area contributed by atoms with E-state index in [4.69, 9.17) is 9.05 Å². The van der Waals surface area contributed by atoms with E-state index in [9.17, 15) is 26.2 Å². The van der Waals surface area contributed by atoms with E-state index in [1.807, 2.05) is 0 Å². The van der Waals surface area contributed by atoms with E-state index in [0.717, 1.165) is 6.07 Å². The van der Waals surface area contributed by atoms with Crippen LogP contribution in [0.3, 0.4) is 0 Å². The van der Waals surface area contributed by atoms with Crippen LogP contribution in [0.25, 0.3) is 0 Å². The van der Waals surface area contributed by atoms with Gasteiger partial charge < -0.3 is 9.05 Å². The maximum absolute atomic E-state index is 13.2. The first-order valence-electron chi connectivity index (χ1n) is 7.86. The van der Waals surface area contributed by atoms with Crippen molar-refractivity contribution in [2.45, 2.75) is 51.3 Å². The molecule has 1 aromatic carbocycles.